The first-order chi connectivity index (χ1) is 13.2. The highest BCUT2D eigenvalue weighted by molar-refractivity contribution is 7.92. The largest absolute Gasteiger partial charge is 0.339 e. The van der Waals surface area contributed by atoms with Crippen LogP contribution >= 0.6 is 11.6 Å². The van der Waals surface area contributed by atoms with Crippen LogP contribution < -0.4 is 4.72 Å². The Kier molecular flexibility index (Phi) is 6.01. The highest BCUT2D eigenvalue weighted by atomic mass is 35.5. The van der Waals surface area contributed by atoms with Gasteiger partial charge >= 0.3 is 0 Å². The maximum Gasteiger partial charge on any atom is 0.263 e. The van der Waals surface area contributed by atoms with Crippen molar-refractivity contribution in [2.75, 3.05) is 11.8 Å². The van der Waals surface area contributed by atoms with Crippen LogP contribution in [-0.4, -0.2) is 32.3 Å². The number of nitrogens with one attached hydrogen (secondary N) is 1. The molecule has 7 heteroatoms. The molecule has 1 aliphatic rings. The Morgan fingerprint density at radius 2 is 1.75 bits per heavy atom. The minimum Gasteiger partial charge on any atom is -0.339 e. The topological polar surface area (TPSA) is 66.5 Å². The van der Waals surface area contributed by atoms with Crippen LogP contribution in [0.2, 0.25) is 5.02 Å². The Bertz CT molecular complexity index is 999. The number of hydrogen-bond acceptors (Lipinski definition) is 3. The van der Waals surface area contributed by atoms with Gasteiger partial charge in [-0.15, -0.1) is 0 Å². The van der Waals surface area contributed by atoms with E-state index in [-0.39, 0.29) is 21.9 Å². The van der Waals surface area contributed by atoms with Gasteiger partial charge < -0.3 is 4.90 Å². The smallest absolute Gasteiger partial charge is 0.263 e. The number of amides is 1. The van der Waals surface area contributed by atoms with Crippen LogP contribution in [0.3, 0.4) is 0 Å². The molecule has 0 atom stereocenters. The number of rotatable bonds is 5. The second-order valence-corrected chi connectivity index (χ2v) is 9.46. The Hall–Kier alpha value is -2.05. The fourth-order valence-corrected chi connectivity index (χ4v) is 5.09. The number of anilines is 1. The fraction of sp³-hybridized carbons (Fsp3) is 0.381. The first kappa shape index (κ1) is 20.7. The Labute approximate surface area is 171 Å². The lowest BCUT2D eigenvalue weighted by atomic mass is 10.1. The van der Waals surface area contributed by atoms with E-state index in [0.29, 0.717) is 11.3 Å². The van der Waals surface area contributed by atoms with Crippen LogP contribution in [0, 0.1) is 13.8 Å². The zero-order chi connectivity index (χ0) is 20.5. The third-order valence-electron chi connectivity index (χ3n) is 5.42. The molecular formula is C21H25ClN2O3S. The van der Waals surface area contributed by atoms with Crippen molar-refractivity contribution < 1.29 is 13.2 Å². The normalized spacial score (nSPS) is 14.9. The molecule has 2 aromatic rings. The van der Waals surface area contributed by atoms with Crippen molar-refractivity contribution >= 4 is 33.2 Å². The minimum atomic E-state index is -3.93. The molecule has 1 saturated carbocycles. The highest BCUT2D eigenvalue weighted by Crippen LogP contribution is 2.28. The molecule has 2 aromatic carbocycles. The number of carbonyl (C=O) groups is 1. The van der Waals surface area contributed by atoms with Gasteiger partial charge in [0, 0.05) is 24.3 Å². The second-order valence-electron chi connectivity index (χ2n) is 7.40. The van der Waals surface area contributed by atoms with Crippen molar-refractivity contribution in [2.24, 2.45) is 0 Å². The minimum absolute atomic E-state index is 0.0800. The maximum absolute atomic E-state index is 12.9. The molecule has 1 N–H and O–H groups in total. The summed E-state index contributed by atoms with van der Waals surface area (Å²) >= 11 is 6.17. The molecule has 3 rings (SSSR count). The Morgan fingerprint density at radius 1 is 1.07 bits per heavy atom. The maximum atomic E-state index is 12.9. The zero-order valence-corrected chi connectivity index (χ0v) is 17.9. The summed E-state index contributed by atoms with van der Waals surface area (Å²) in [6.07, 6.45) is 4.19. The van der Waals surface area contributed by atoms with Gasteiger partial charge in [-0.3, -0.25) is 9.52 Å². The van der Waals surface area contributed by atoms with Gasteiger partial charge in [0.05, 0.1) is 5.02 Å². The van der Waals surface area contributed by atoms with E-state index in [2.05, 4.69) is 4.72 Å². The number of nitrogens with zero attached hydrogens (tertiary/aromatic N) is 1. The van der Waals surface area contributed by atoms with Crippen molar-refractivity contribution in [1.82, 2.24) is 4.90 Å². The summed E-state index contributed by atoms with van der Waals surface area (Å²) in [6, 6.07) is 9.93. The van der Waals surface area contributed by atoms with Crippen LogP contribution in [0.5, 0.6) is 0 Å². The summed E-state index contributed by atoms with van der Waals surface area (Å²) in [4.78, 5) is 14.4. The monoisotopic (exact) mass is 420 g/mol. The number of aryl methyl sites for hydroxylation is 2. The molecule has 0 heterocycles. The van der Waals surface area contributed by atoms with E-state index < -0.39 is 10.0 Å². The molecular weight excluding hydrogens is 396 g/mol. The third-order valence-corrected chi connectivity index (χ3v) is 7.28. The van der Waals surface area contributed by atoms with Crippen molar-refractivity contribution in [2.45, 2.75) is 50.5 Å². The van der Waals surface area contributed by atoms with E-state index in [4.69, 9.17) is 11.6 Å². The van der Waals surface area contributed by atoms with Crippen molar-refractivity contribution in [3.05, 3.63) is 58.1 Å². The zero-order valence-electron chi connectivity index (χ0n) is 16.3. The number of benzene rings is 2. The molecule has 0 aromatic heterocycles. The SMILES string of the molecule is Cc1ccc(NS(=O)(=O)c2cc(C(=O)N(C)C3CCCC3)ccc2Cl)cc1C. The number of carbonyl (C=O) groups excluding carboxylic acids is 1. The summed E-state index contributed by atoms with van der Waals surface area (Å²) in [5, 5.41) is 0.0800. The van der Waals surface area contributed by atoms with E-state index in [0.717, 1.165) is 36.8 Å². The van der Waals surface area contributed by atoms with Crippen LogP contribution in [0.1, 0.15) is 47.2 Å². The van der Waals surface area contributed by atoms with E-state index in [9.17, 15) is 13.2 Å². The van der Waals surface area contributed by atoms with Crippen LogP contribution in [-0.2, 0) is 10.0 Å². The molecule has 1 amide bonds. The molecule has 150 valence electrons. The van der Waals surface area contributed by atoms with Crippen LogP contribution in [0.15, 0.2) is 41.3 Å². The summed E-state index contributed by atoms with van der Waals surface area (Å²) in [5.74, 6) is -0.189. The van der Waals surface area contributed by atoms with Crippen LogP contribution in [0.25, 0.3) is 0 Å². The molecule has 0 saturated heterocycles. The summed E-state index contributed by atoms with van der Waals surface area (Å²) < 4.78 is 28.4. The lowest BCUT2D eigenvalue weighted by Gasteiger charge is -2.24. The van der Waals surface area contributed by atoms with E-state index >= 15 is 0 Å². The molecule has 0 spiro atoms. The van der Waals surface area contributed by atoms with Crippen molar-refractivity contribution in [3.63, 3.8) is 0 Å². The molecule has 1 aliphatic carbocycles. The summed E-state index contributed by atoms with van der Waals surface area (Å²) in [5.41, 5.74) is 2.83. The van der Waals surface area contributed by atoms with E-state index in [1.807, 2.05) is 19.9 Å². The Balaban J connectivity index is 1.89. The van der Waals surface area contributed by atoms with Crippen molar-refractivity contribution in [3.8, 4) is 0 Å². The van der Waals surface area contributed by atoms with Crippen LogP contribution in [0.4, 0.5) is 5.69 Å². The van der Waals surface area contributed by atoms with Crippen molar-refractivity contribution in [1.29, 1.82) is 0 Å². The van der Waals surface area contributed by atoms with Gasteiger partial charge in [0.1, 0.15) is 4.90 Å². The second kappa shape index (κ2) is 8.13. The first-order valence-electron chi connectivity index (χ1n) is 9.36. The first-order valence-corrected chi connectivity index (χ1v) is 11.2. The molecule has 28 heavy (non-hydrogen) atoms. The quantitative estimate of drug-likeness (QED) is 0.757. The standard InChI is InChI=1S/C21H25ClN2O3S/c1-14-8-10-17(12-15(14)2)23-28(26,27)20-13-16(9-11-19(20)22)21(25)24(3)18-6-4-5-7-18/h8-13,18,23H,4-7H2,1-3H3. The fourth-order valence-electron chi connectivity index (χ4n) is 3.52. The number of halogens is 1. The molecule has 0 radical (unpaired) electrons. The van der Waals surface area contributed by atoms with Gasteiger partial charge in [0.2, 0.25) is 0 Å². The number of sulfonamides is 1. The Morgan fingerprint density at radius 3 is 2.39 bits per heavy atom. The molecule has 0 bridgehead atoms. The predicted octanol–water partition coefficient (Wildman–Crippen LogP) is 4.77. The lowest BCUT2D eigenvalue weighted by Crippen LogP contribution is -2.35. The van der Waals surface area contributed by atoms with Gasteiger partial charge in [-0.2, -0.15) is 0 Å². The molecule has 5 nitrogen and oxygen atoms in total. The molecule has 0 aliphatic heterocycles. The van der Waals surface area contributed by atoms with E-state index in [1.165, 1.54) is 12.1 Å². The summed E-state index contributed by atoms with van der Waals surface area (Å²) in [7, 11) is -2.15. The average molecular weight is 421 g/mol. The van der Waals surface area contributed by atoms with Gasteiger partial charge in [0.25, 0.3) is 15.9 Å². The van der Waals surface area contributed by atoms with Gasteiger partial charge in [-0.1, -0.05) is 30.5 Å². The summed E-state index contributed by atoms with van der Waals surface area (Å²) in [6.45, 7) is 3.87. The predicted molar refractivity (Wildman–Crippen MR) is 113 cm³/mol. The number of hydrogen-bond donors (Lipinski definition) is 1. The lowest BCUT2D eigenvalue weighted by molar-refractivity contribution is 0.0735. The highest BCUT2D eigenvalue weighted by Gasteiger charge is 2.26. The third kappa shape index (κ3) is 4.33. The van der Waals surface area contributed by atoms with Gasteiger partial charge in [-0.05, 0) is 68.1 Å². The van der Waals surface area contributed by atoms with Gasteiger partial charge in [0.15, 0.2) is 0 Å². The molecule has 1 fully saturated rings. The average Bonchev–Trinajstić information content (AvgIpc) is 3.18. The van der Waals surface area contributed by atoms with E-state index in [1.54, 1.807) is 30.1 Å². The molecule has 0 unspecified atom stereocenters. The van der Waals surface area contributed by atoms with Gasteiger partial charge in [-0.25, -0.2) is 8.42 Å².